The molecule has 0 radical (unpaired) electrons. The monoisotopic (exact) mass is 370 g/mol. The third-order valence-corrected chi connectivity index (χ3v) is 2.91. The highest BCUT2D eigenvalue weighted by atomic mass is 19.1. The molecule has 0 aliphatic rings. The summed E-state index contributed by atoms with van der Waals surface area (Å²) in [5.41, 5.74) is -0.685. The molecule has 1 aromatic carbocycles. The van der Waals surface area contributed by atoms with Gasteiger partial charge in [-0.05, 0) is 26.1 Å². The Morgan fingerprint density at radius 3 is 2.15 bits per heavy atom. The number of anilines is 2. The molecular weight excluding hydrogens is 349 g/mol. The van der Waals surface area contributed by atoms with Crippen LogP contribution in [0.3, 0.4) is 0 Å². The molecule has 0 aliphatic heterocycles. The predicted octanol–water partition coefficient (Wildman–Crippen LogP) is 3.06. The first kappa shape index (κ1) is 23.2. The Bertz CT molecular complexity index is 709. The van der Waals surface area contributed by atoms with E-state index in [1.807, 2.05) is 20.6 Å². The number of hydrogen-bond donors (Lipinski definition) is 1. The molecule has 1 heterocycles. The number of para-hydroxylation sites is 1. The lowest BCUT2D eigenvalue weighted by Gasteiger charge is -2.21. The van der Waals surface area contributed by atoms with Crippen molar-refractivity contribution in [1.29, 1.82) is 0 Å². The topological polar surface area (TPSA) is 75.2 Å². The van der Waals surface area contributed by atoms with Crippen LogP contribution in [0, 0.1) is 24.5 Å². The van der Waals surface area contributed by atoms with Crippen LogP contribution in [0.4, 0.5) is 24.7 Å². The highest BCUT2D eigenvalue weighted by Gasteiger charge is 2.24. The molecule has 0 fully saturated rings. The van der Waals surface area contributed by atoms with Gasteiger partial charge in [0.1, 0.15) is 29.9 Å². The Labute approximate surface area is 150 Å². The van der Waals surface area contributed by atoms with Crippen molar-refractivity contribution in [2.45, 2.75) is 27.3 Å². The van der Waals surface area contributed by atoms with Crippen LogP contribution in [0.15, 0.2) is 18.2 Å². The quantitative estimate of drug-likeness (QED) is 0.647. The van der Waals surface area contributed by atoms with Crippen molar-refractivity contribution in [3.8, 4) is 0 Å². The maximum atomic E-state index is 14.0. The van der Waals surface area contributed by atoms with Crippen molar-refractivity contribution in [2.24, 2.45) is 0 Å². The normalized spacial score (nSPS) is 9.35. The number of aryl methyl sites for hydroxylation is 1. The first-order chi connectivity index (χ1) is 12.5. The Morgan fingerprint density at radius 2 is 1.69 bits per heavy atom. The Hall–Kier alpha value is -2.81. The van der Waals surface area contributed by atoms with Crippen LogP contribution in [-0.4, -0.2) is 30.2 Å². The molecule has 0 unspecified atom stereocenters. The molecule has 0 saturated heterocycles. The van der Waals surface area contributed by atoms with E-state index in [2.05, 4.69) is 15.3 Å². The summed E-state index contributed by atoms with van der Waals surface area (Å²) < 4.78 is 41.8. The van der Waals surface area contributed by atoms with Gasteiger partial charge in [0.05, 0.1) is 5.56 Å². The minimum atomic E-state index is -0.959. The molecular formula is C17H21F3N4O2. The van der Waals surface area contributed by atoms with Gasteiger partial charge in [0.15, 0.2) is 5.82 Å². The van der Waals surface area contributed by atoms with Gasteiger partial charge in [-0.15, -0.1) is 0 Å². The second-order valence-corrected chi connectivity index (χ2v) is 4.44. The molecule has 0 bridgehead atoms. The molecule has 9 heteroatoms. The zero-order valence-corrected chi connectivity index (χ0v) is 15.0. The summed E-state index contributed by atoms with van der Waals surface area (Å²) in [7, 11) is 1.55. The Kier molecular flexibility index (Phi) is 10.4. The second-order valence-electron chi connectivity index (χ2n) is 4.44. The highest BCUT2D eigenvalue weighted by molar-refractivity contribution is 5.86. The van der Waals surface area contributed by atoms with E-state index >= 15 is 0 Å². The van der Waals surface area contributed by atoms with Gasteiger partial charge < -0.3 is 10.1 Å². The van der Waals surface area contributed by atoms with Crippen LogP contribution in [0.2, 0.25) is 0 Å². The molecule has 6 nitrogen and oxygen atoms in total. The van der Waals surface area contributed by atoms with Crippen LogP contribution >= 0.6 is 0 Å². The molecule has 0 spiro atoms. The summed E-state index contributed by atoms with van der Waals surface area (Å²) in [5, 5.41) is 2.69. The molecule has 0 aliphatic carbocycles. The lowest BCUT2D eigenvalue weighted by Crippen LogP contribution is -2.23. The fraction of sp³-hybridized carbons (Fsp3) is 0.294. The van der Waals surface area contributed by atoms with Crippen LogP contribution in [0.25, 0.3) is 0 Å². The number of halogens is 3. The van der Waals surface area contributed by atoms with E-state index in [1.54, 1.807) is 7.05 Å². The lowest BCUT2D eigenvalue weighted by atomic mass is 10.2. The molecule has 1 N–H and O–H groups in total. The number of hydrogen-bond acceptors (Lipinski definition) is 5. The number of rotatable bonds is 5. The number of benzene rings is 1. The summed E-state index contributed by atoms with van der Waals surface area (Å²) in [6.07, 6.45) is 0.182. The van der Waals surface area contributed by atoms with Gasteiger partial charge in [0.2, 0.25) is 12.4 Å². The molecule has 0 saturated carbocycles. The summed E-state index contributed by atoms with van der Waals surface area (Å²) in [6.45, 7) is 7.40. The molecule has 2 aromatic rings. The third-order valence-electron chi connectivity index (χ3n) is 2.91. The summed E-state index contributed by atoms with van der Waals surface area (Å²) in [6, 6.07) is 3.16. The van der Waals surface area contributed by atoms with E-state index in [0.29, 0.717) is 4.90 Å². The van der Waals surface area contributed by atoms with Gasteiger partial charge in [-0.25, -0.2) is 18.7 Å². The SMILES string of the molecule is C=O.CC.CNCc1c(F)nc(C)nc1N(C=O)c1c(F)cccc1F. The van der Waals surface area contributed by atoms with Crippen molar-refractivity contribution in [3.63, 3.8) is 0 Å². The van der Waals surface area contributed by atoms with Crippen LogP contribution < -0.4 is 10.2 Å². The third kappa shape index (κ3) is 5.35. The molecule has 0 atom stereocenters. The van der Waals surface area contributed by atoms with E-state index in [9.17, 15) is 18.0 Å². The zero-order valence-electron chi connectivity index (χ0n) is 15.0. The molecule has 1 amide bonds. The Morgan fingerprint density at radius 1 is 1.15 bits per heavy atom. The first-order valence-electron chi connectivity index (χ1n) is 7.64. The smallest absolute Gasteiger partial charge is 0.222 e. The van der Waals surface area contributed by atoms with E-state index in [-0.39, 0.29) is 30.2 Å². The minimum absolute atomic E-state index is 0.0120. The van der Waals surface area contributed by atoms with Crippen molar-refractivity contribution in [3.05, 3.63) is 47.2 Å². The van der Waals surface area contributed by atoms with Crippen LogP contribution in [0.1, 0.15) is 25.2 Å². The predicted molar refractivity (Wildman–Crippen MR) is 92.5 cm³/mol. The Balaban J connectivity index is 0.00000146. The number of aromatic nitrogens is 2. The van der Waals surface area contributed by atoms with Crippen LogP contribution in [-0.2, 0) is 16.1 Å². The average molecular weight is 370 g/mol. The van der Waals surface area contributed by atoms with E-state index in [4.69, 9.17) is 4.79 Å². The summed E-state index contributed by atoms with van der Waals surface area (Å²) >= 11 is 0. The van der Waals surface area contributed by atoms with Crippen LogP contribution in [0.5, 0.6) is 0 Å². The van der Waals surface area contributed by atoms with Gasteiger partial charge >= 0.3 is 0 Å². The van der Waals surface area contributed by atoms with Crippen molar-refractivity contribution in [1.82, 2.24) is 15.3 Å². The van der Waals surface area contributed by atoms with E-state index in [0.717, 1.165) is 18.2 Å². The molecule has 142 valence electrons. The zero-order chi connectivity index (χ0) is 20.3. The number of nitrogens with one attached hydrogen (secondary N) is 1. The summed E-state index contributed by atoms with van der Waals surface area (Å²) in [5.74, 6) is -2.95. The largest absolute Gasteiger partial charge is 0.315 e. The van der Waals surface area contributed by atoms with Gasteiger partial charge in [-0.2, -0.15) is 4.39 Å². The van der Waals surface area contributed by atoms with Gasteiger partial charge in [0, 0.05) is 6.54 Å². The van der Waals surface area contributed by atoms with Crippen molar-refractivity contribution in [2.75, 3.05) is 11.9 Å². The lowest BCUT2D eigenvalue weighted by molar-refractivity contribution is -0.107. The average Bonchev–Trinajstić information content (AvgIpc) is 2.64. The molecule has 2 rings (SSSR count). The van der Waals surface area contributed by atoms with Gasteiger partial charge in [-0.3, -0.25) is 9.69 Å². The highest BCUT2D eigenvalue weighted by Crippen LogP contribution is 2.30. The molecule has 1 aromatic heterocycles. The second kappa shape index (κ2) is 11.7. The van der Waals surface area contributed by atoms with Crippen molar-refractivity contribution >= 4 is 24.7 Å². The van der Waals surface area contributed by atoms with E-state index in [1.165, 1.54) is 6.92 Å². The first-order valence-corrected chi connectivity index (χ1v) is 7.64. The number of amides is 1. The van der Waals surface area contributed by atoms with Crippen molar-refractivity contribution < 1.29 is 22.8 Å². The van der Waals surface area contributed by atoms with E-state index < -0.39 is 23.3 Å². The number of carbonyl (C=O) groups is 2. The molecule has 26 heavy (non-hydrogen) atoms. The maximum Gasteiger partial charge on any atom is 0.222 e. The maximum absolute atomic E-state index is 14.0. The van der Waals surface area contributed by atoms with Gasteiger partial charge in [0.25, 0.3) is 0 Å². The standard InChI is InChI=1S/C14H13F3N4O.C2H6.CH2O/c1-8-19-13(17)9(6-18-2)14(20-8)21(7-22)12-10(15)4-3-5-11(12)16;2*1-2/h3-5,7,18H,6H2,1-2H3;1-2H3;1H2. The van der Waals surface area contributed by atoms with Gasteiger partial charge in [-0.1, -0.05) is 19.9 Å². The fourth-order valence-corrected chi connectivity index (χ4v) is 2.00. The minimum Gasteiger partial charge on any atom is -0.315 e. The number of carbonyl (C=O) groups excluding carboxylic acids is 2. The fourth-order valence-electron chi connectivity index (χ4n) is 2.00. The number of nitrogens with zero attached hydrogens (tertiary/aromatic N) is 3. The summed E-state index contributed by atoms with van der Waals surface area (Å²) in [4.78, 5) is 27.5.